The number of aromatic nitrogens is 2. The van der Waals surface area contributed by atoms with Gasteiger partial charge in [-0.1, -0.05) is 0 Å². The van der Waals surface area contributed by atoms with Crippen molar-refractivity contribution >= 4 is 11.9 Å². The van der Waals surface area contributed by atoms with Gasteiger partial charge in [0.15, 0.2) is 0 Å². The van der Waals surface area contributed by atoms with Crippen LogP contribution in [0.1, 0.15) is 24.4 Å². The molecule has 166 valence electrons. The Morgan fingerprint density at radius 2 is 1.97 bits per heavy atom. The van der Waals surface area contributed by atoms with E-state index in [1.165, 1.54) is 0 Å². The van der Waals surface area contributed by atoms with Crippen LogP contribution in [0.5, 0.6) is 0 Å². The fourth-order valence-electron chi connectivity index (χ4n) is 5.48. The van der Waals surface area contributed by atoms with E-state index in [1.807, 2.05) is 24.0 Å². The molecule has 0 saturated carbocycles. The molecule has 0 radical (unpaired) electrons. The maximum atomic E-state index is 13.9. The zero-order chi connectivity index (χ0) is 21.3. The zero-order valence-electron chi connectivity index (χ0n) is 18.2. The van der Waals surface area contributed by atoms with Crippen LogP contribution in [0.25, 0.3) is 0 Å². The van der Waals surface area contributed by atoms with E-state index in [-0.39, 0.29) is 11.8 Å². The second-order valence-electron chi connectivity index (χ2n) is 9.04. The Morgan fingerprint density at radius 3 is 2.71 bits per heavy atom. The van der Waals surface area contributed by atoms with E-state index in [2.05, 4.69) is 25.8 Å². The number of carbonyl (C=O) groups is 1. The SMILES string of the molecule is Cc1ccc(CN2CCC[C@@]3(C(=O)N4CCOCC4)CN(c4ncccn4)C[C@H]3C2)o1. The summed E-state index contributed by atoms with van der Waals surface area (Å²) in [5.41, 5.74) is -0.398. The summed E-state index contributed by atoms with van der Waals surface area (Å²) in [6, 6.07) is 5.91. The second-order valence-corrected chi connectivity index (χ2v) is 9.04. The Morgan fingerprint density at radius 1 is 1.16 bits per heavy atom. The summed E-state index contributed by atoms with van der Waals surface area (Å²) in [4.78, 5) is 29.6. The summed E-state index contributed by atoms with van der Waals surface area (Å²) in [5.74, 6) is 3.17. The lowest BCUT2D eigenvalue weighted by Crippen LogP contribution is -2.52. The molecule has 2 aromatic rings. The molecular weight excluding hydrogens is 394 g/mol. The summed E-state index contributed by atoms with van der Waals surface area (Å²) in [6.07, 6.45) is 5.44. The molecule has 31 heavy (non-hydrogen) atoms. The molecule has 0 bridgehead atoms. The molecule has 3 fully saturated rings. The van der Waals surface area contributed by atoms with Crippen LogP contribution < -0.4 is 4.90 Å². The van der Waals surface area contributed by atoms with Gasteiger partial charge in [-0.15, -0.1) is 0 Å². The zero-order valence-corrected chi connectivity index (χ0v) is 18.2. The van der Waals surface area contributed by atoms with Crippen molar-refractivity contribution in [3.63, 3.8) is 0 Å². The number of amides is 1. The number of anilines is 1. The first kappa shape index (κ1) is 20.5. The van der Waals surface area contributed by atoms with Crippen molar-refractivity contribution in [1.82, 2.24) is 19.8 Å². The maximum Gasteiger partial charge on any atom is 0.231 e. The van der Waals surface area contributed by atoms with E-state index >= 15 is 0 Å². The fourth-order valence-corrected chi connectivity index (χ4v) is 5.48. The standard InChI is InChI=1S/C23H31N5O3/c1-18-4-5-20(31-18)16-26-9-2-6-23(21(29)27-10-12-30-13-11-27)17-28(15-19(23)14-26)22-24-7-3-8-25-22/h3-5,7-8,19H,2,6,9-17H2,1H3/t19-,23-/m1/s1. The van der Waals surface area contributed by atoms with Crippen LogP contribution >= 0.6 is 0 Å². The molecule has 8 heteroatoms. The van der Waals surface area contributed by atoms with E-state index in [0.29, 0.717) is 32.8 Å². The van der Waals surface area contributed by atoms with Crippen LogP contribution in [0.15, 0.2) is 35.0 Å². The lowest BCUT2D eigenvalue weighted by Gasteiger charge is -2.38. The van der Waals surface area contributed by atoms with Crippen molar-refractivity contribution < 1.29 is 13.9 Å². The molecule has 2 aromatic heterocycles. The fraction of sp³-hybridized carbons (Fsp3) is 0.609. The summed E-state index contributed by atoms with van der Waals surface area (Å²) in [7, 11) is 0. The molecule has 2 atom stereocenters. The summed E-state index contributed by atoms with van der Waals surface area (Å²) in [5, 5.41) is 0. The van der Waals surface area contributed by atoms with Gasteiger partial charge in [0.2, 0.25) is 11.9 Å². The highest BCUT2D eigenvalue weighted by Crippen LogP contribution is 2.45. The number of rotatable bonds is 4. The van der Waals surface area contributed by atoms with E-state index in [9.17, 15) is 4.79 Å². The predicted octanol–water partition coefficient (Wildman–Crippen LogP) is 1.96. The van der Waals surface area contributed by atoms with Crippen molar-refractivity contribution in [2.24, 2.45) is 11.3 Å². The maximum absolute atomic E-state index is 13.9. The number of morpholine rings is 1. The van der Waals surface area contributed by atoms with Gasteiger partial charge in [0, 0.05) is 51.0 Å². The van der Waals surface area contributed by atoms with Gasteiger partial charge in [-0.2, -0.15) is 0 Å². The topological polar surface area (TPSA) is 74.9 Å². The molecule has 3 saturated heterocycles. The van der Waals surface area contributed by atoms with Crippen molar-refractivity contribution in [1.29, 1.82) is 0 Å². The number of hydrogen-bond donors (Lipinski definition) is 0. The Kier molecular flexibility index (Phi) is 5.67. The molecular formula is C23H31N5O3. The highest BCUT2D eigenvalue weighted by molar-refractivity contribution is 5.85. The first-order chi connectivity index (χ1) is 15.1. The minimum absolute atomic E-state index is 0.227. The quantitative estimate of drug-likeness (QED) is 0.741. The number of carbonyl (C=O) groups excluding carboxylic acids is 1. The normalized spacial score (nSPS) is 27.2. The molecule has 0 aromatic carbocycles. The summed E-state index contributed by atoms with van der Waals surface area (Å²) in [6.45, 7) is 8.73. The van der Waals surface area contributed by atoms with Gasteiger partial charge in [0.25, 0.3) is 0 Å². The van der Waals surface area contributed by atoms with Gasteiger partial charge in [0.1, 0.15) is 11.5 Å². The van der Waals surface area contributed by atoms with Crippen LogP contribution in [0, 0.1) is 18.3 Å². The molecule has 0 spiro atoms. The third-order valence-corrected chi connectivity index (χ3v) is 7.01. The Balaban J connectivity index is 1.41. The van der Waals surface area contributed by atoms with Gasteiger partial charge in [0.05, 0.1) is 25.2 Å². The first-order valence-electron chi connectivity index (χ1n) is 11.3. The van der Waals surface area contributed by atoms with Crippen LogP contribution in [0.3, 0.4) is 0 Å². The van der Waals surface area contributed by atoms with Gasteiger partial charge < -0.3 is 19.0 Å². The number of hydrogen-bond acceptors (Lipinski definition) is 7. The largest absolute Gasteiger partial charge is 0.465 e. The van der Waals surface area contributed by atoms with Crippen molar-refractivity contribution in [3.8, 4) is 0 Å². The molecule has 3 aliphatic rings. The number of likely N-dealkylation sites (tertiary alicyclic amines) is 1. The van der Waals surface area contributed by atoms with E-state index in [0.717, 1.165) is 56.5 Å². The first-order valence-corrected chi connectivity index (χ1v) is 11.3. The minimum Gasteiger partial charge on any atom is -0.465 e. The van der Waals surface area contributed by atoms with Gasteiger partial charge in [-0.05, 0) is 44.5 Å². The lowest BCUT2D eigenvalue weighted by molar-refractivity contribution is -0.148. The highest BCUT2D eigenvalue weighted by atomic mass is 16.5. The van der Waals surface area contributed by atoms with Crippen molar-refractivity contribution in [3.05, 3.63) is 42.1 Å². The Labute approximate surface area is 183 Å². The summed E-state index contributed by atoms with van der Waals surface area (Å²) < 4.78 is 11.3. The molecule has 1 amide bonds. The molecule has 0 aliphatic carbocycles. The van der Waals surface area contributed by atoms with E-state index < -0.39 is 5.41 Å². The smallest absolute Gasteiger partial charge is 0.231 e. The number of nitrogens with zero attached hydrogens (tertiary/aromatic N) is 5. The molecule has 8 nitrogen and oxygen atoms in total. The van der Waals surface area contributed by atoms with Crippen molar-refractivity contribution in [2.45, 2.75) is 26.3 Å². The average molecular weight is 426 g/mol. The minimum atomic E-state index is -0.398. The van der Waals surface area contributed by atoms with Gasteiger partial charge in [-0.3, -0.25) is 9.69 Å². The Bertz CT molecular complexity index is 898. The number of ether oxygens (including phenoxy) is 1. The highest BCUT2D eigenvalue weighted by Gasteiger charge is 2.55. The lowest BCUT2D eigenvalue weighted by atomic mass is 9.73. The second kappa shape index (κ2) is 8.59. The Hall–Kier alpha value is -2.45. The molecule has 3 aliphatic heterocycles. The predicted molar refractivity (Wildman–Crippen MR) is 116 cm³/mol. The van der Waals surface area contributed by atoms with Crippen LogP contribution in [0.2, 0.25) is 0 Å². The van der Waals surface area contributed by atoms with E-state index in [1.54, 1.807) is 12.4 Å². The molecule has 0 unspecified atom stereocenters. The molecule has 5 rings (SSSR count). The van der Waals surface area contributed by atoms with Crippen LogP contribution in [-0.2, 0) is 16.1 Å². The third-order valence-electron chi connectivity index (χ3n) is 7.01. The molecule has 5 heterocycles. The van der Waals surface area contributed by atoms with Gasteiger partial charge >= 0.3 is 0 Å². The van der Waals surface area contributed by atoms with E-state index in [4.69, 9.17) is 9.15 Å². The number of aryl methyl sites for hydroxylation is 1. The monoisotopic (exact) mass is 425 g/mol. The van der Waals surface area contributed by atoms with Crippen LogP contribution in [0.4, 0.5) is 5.95 Å². The van der Waals surface area contributed by atoms with Gasteiger partial charge in [-0.25, -0.2) is 9.97 Å². The van der Waals surface area contributed by atoms with Crippen LogP contribution in [-0.4, -0.2) is 78.2 Å². The average Bonchev–Trinajstić information content (AvgIpc) is 3.33. The third kappa shape index (κ3) is 4.06. The number of furan rings is 1. The summed E-state index contributed by atoms with van der Waals surface area (Å²) >= 11 is 0. The van der Waals surface area contributed by atoms with Crippen molar-refractivity contribution in [2.75, 3.05) is 57.4 Å². The molecule has 0 N–H and O–H groups in total. The number of fused-ring (bicyclic) bond motifs is 1.